The van der Waals surface area contributed by atoms with Crippen LogP contribution in [0.3, 0.4) is 0 Å². The Kier molecular flexibility index (Phi) is 11.7. The summed E-state index contributed by atoms with van der Waals surface area (Å²) in [6, 6.07) is 20.9. The molecule has 0 N–H and O–H groups in total. The Morgan fingerprint density at radius 3 is 1.24 bits per heavy atom. The van der Waals surface area contributed by atoms with E-state index in [1.54, 1.807) is 67.2 Å². The van der Waals surface area contributed by atoms with E-state index in [0.717, 1.165) is 34.0 Å². The van der Waals surface area contributed by atoms with E-state index in [4.69, 9.17) is 28.4 Å². The van der Waals surface area contributed by atoms with Gasteiger partial charge in [0.15, 0.2) is 0 Å². The predicted molar refractivity (Wildman–Crippen MR) is 136 cm³/mol. The molecule has 0 radical (unpaired) electrons. The second kappa shape index (κ2) is 14.7. The Balaban J connectivity index is 0.000000253. The van der Waals surface area contributed by atoms with Gasteiger partial charge in [-0.25, -0.2) is 0 Å². The summed E-state index contributed by atoms with van der Waals surface area (Å²) in [4.78, 5) is 8.56. The van der Waals surface area contributed by atoms with Crippen LogP contribution in [0.4, 0.5) is 0 Å². The van der Waals surface area contributed by atoms with Gasteiger partial charge >= 0.3 is 21.1 Å². The molecular weight excluding hydrogens is 655 g/mol. The van der Waals surface area contributed by atoms with E-state index in [9.17, 15) is 0 Å². The van der Waals surface area contributed by atoms with Crippen LogP contribution in [-0.2, 0) is 21.1 Å². The van der Waals surface area contributed by atoms with Crippen molar-refractivity contribution in [3.63, 3.8) is 0 Å². The zero-order chi connectivity index (χ0) is 25.9. The third-order valence-electron chi connectivity index (χ3n) is 5.08. The van der Waals surface area contributed by atoms with E-state index in [1.165, 1.54) is 0 Å². The van der Waals surface area contributed by atoms with Gasteiger partial charge in [-0.3, -0.25) is 0 Å². The Bertz CT molecular complexity index is 1190. The molecule has 0 amide bonds. The molecule has 196 valence electrons. The van der Waals surface area contributed by atoms with E-state index in [-0.39, 0.29) is 21.1 Å². The number of ether oxygens (including phenoxy) is 6. The molecule has 0 saturated heterocycles. The van der Waals surface area contributed by atoms with Gasteiger partial charge in [-0.05, 0) is 35.7 Å². The number of benzene rings is 2. The molecule has 37 heavy (non-hydrogen) atoms. The van der Waals surface area contributed by atoms with Crippen LogP contribution in [0.25, 0.3) is 22.5 Å². The fourth-order valence-corrected chi connectivity index (χ4v) is 3.21. The second-order valence-electron chi connectivity index (χ2n) is 7.11. The summed E-state index contributed by atoms with van der Waals surface area (Å²) in [5, 5.41) is 0. The maximum atomic E-state index is 5.22. The Morgan fingerprint density at radius 1 is 0.514 bits per heavy atom. The number of nitrogens with zero attached hydrogens (tertiary/aromatic N) is 2. The molecule has 4 rings (SSSR count). The van der Waals surface area contributed by atoms with Crippen LogP contribution in [0, 0.1) is 12.1 Å². The number of hydrogen-bond acceptors (Lipinski definition) is 8. The summed E-state index contributed by atoms with van der Waals surface area (Å²) < 4.78 is 31.1. The van der Waals surface area contributed by atoms with Crippen molar-refractivity contribution in [2.45, 2.75) is 0 Å². The largest absolute Gasteiger partial charge is 2.00 e. The van der Waals surface area contributed by atoms with E-state index >= 15 is 0 Å². The van der Waals surface area contributed by atoms with Gasteiger partial charge in [0.05, 0.1) is 65.7 Å². The topological polar surface area (TPSA) is 81.2 Å². The van der Waals surface area contributed by atoms with Crippen molar-refractivity contribution in [3.8, 4) is 57.0 Å². The van der Waals surface area contributed by atoms with Crippen LogP contribution in [-0.4, -0.2) is 52.6 Å². The van der Waals surface area contributed by atoms with Gasteiger partial charge in [-0.15, -0.1) is 35.4 Å². The number of rotatable bonds is 8. The van der Waals surface area contributed by atoms with Gasteiger partial charge in [0.25, 0.3) is 0 Å². The van der Waals surface area contributed by atoms with E-state index in [1.807, 2.05) is 36.4 Å². The fourth-order valence-electron chi connectivity index (χ4n) is 3.21. The molecule has 4 aromatic rings. The molecule has 2 aromatic heterocycles. The van der Waals surface area contributed by atoms with Gasteiger partial charge in [-0.2, -0.15) is 0 Å². The van der Waals surface area contributed by atoms with Crippen molar-refractivity contribution in [1.82, 2.24) is 9.97 Å². The predicted octanol–water partition coefficient (Wildman–Crippen LogP) is 5.15. The minimum atomic E-state index is 0. The summed E-state index contributed by atoms with van der Waals surface area (Å²) >= 11 is 0. The van der Waals surface area contributed by atoms with Gasteiger partial charge in [0.1, 0.15) is 11.5 Å². The van der Waals surface area contributed by atoms with Gasteiger partial charge in [0, 0.05) is 12.4 Å². The monoisotopic (exact) mass is 683 g/mol. The summed E-state index contributed by atoms with van der Waals surface area (Å²) in [5.74, 6) is 3.90. The van der Waals surface area contributed by atoms with Crippen LogP contribution >= 0.6 is 0 Å². The maximum absolute atomic E-state index is 5.22. The number of hydrogen-bond donors (Lipinski definition) is 0. The van der Waals surface area contributed by atoms with Crippen molar-refractivity contribution < 1.29 is 49.5 Å². The number of methoxy groups -OCH3 is 6. The molecule has 0 fully saturated rings. The van der Waals surface area contributed by atoms with Crippen LogP contribution < -0.4 is 28.4 Å². The molecule has 0 atom stereocenters. The molecule has 9 heteroatoms. The van der Waals surface area contributed by atoms with Crippen LogP contribution in [0.1, 0.15) is 0 Å². The molecular formula is C28H28N2O6Pt. The van der Waals surface area contributed by atoms with Crippen molar-refractivity contribution in [2.24, 2.45) is 0 Å². The molecule has 0 spiro atoms. The molecule has 0 aliphatic rings. The second-order valence-corrected chi connectivity index (χ2v) is 7.11. The first-order chi connectivity index (χ1) is 17.6. The van der Waals surface area contributed by atoms with Crippen molar-refractivity contribution in [3.05, 3.63) is 73.1 Å². The minimum absolute atomic E-state index is 0. The summed E-state index contributed by atoms with van der Waals surface area (Å²) in [5.41, 5.74) is 3.20. The van der Waals surface area contributed by atoms with Crippen molar-refractivity contribution in [2.75, 3.05) is 42.7 Å². The van der Waals surface area contributed by atoms with Crippen LogP contribution in [0.5, 0.6) is 34.5 Å². The molecule has 0 saturated carbocycles. The first-order valence-electron chi connectivity index (χ1n) is 10.9. The van der Waals surface area contributed by atoms with Crippen LogP contribution in [0.2, 0.25) is 0 Å². The minimum Gasteiger partial charge on any atom is -0.536 e. The fraction of sp³-hybridized carbons (Fsp3) is 0.214. The maximum Gasteiger partial charge on any atom is 2.00 e. The average molecular weight is 684 g/mol. The Morgan fingerprint density at radius 2 is 0.919 bits per heavy atom. The molecule has 8 nitrogen and oxygen atoms in total. The smallest absolute Gasteiger partial charge is 0.536 e. The molecule has 0 aliphatic carbocycles. The average Bonchev–Trinajstić information content (AvgIpc) is 2.96. The van der Waals surface area contributed by atoms with Gasteiger partial charge in [-0.1, -0.05) is 12.1 Å². The standard InChI is InChI=1S/2C14H14NO3.Pt/c2*1-16-11-6-7-15-12(9-11)10-4-5-13(17-2)14(8-10)18-3;/h2*4-7,9H,1-3H3;/q2*-1;+2. The molecule has 0 aliphatic heterocycles. The van der Waals surface area contributed by atoms with E-state index < -0.39 is 0 Å². The van der Waals surface area contributed by atoms with E-state index in [0.29, 0.717) is 23.0 Å². The number of pyridine rings is 2. The summed E-state index contributed by atoms with van der Waals surface area (Å²) in [7, 11) is 9.59. The molecule has 0 bridgehead atoms. The zero-order valence-corrected chi connectivity index (χ0v) is 23.7. The van der Waals surface area contributed by atoms with Crippen molar-refractivity contribution in [1.29, 1.82) is 0 Å². The van der Waals surface area contributed by atoms with Crippen molar-refractivity contribution >= 4 is 0 Å². The number of aromatic nitrogens is 2. The summed E-state index contributed by atoms with van der Waals surface area (Å²) in [6.07, 6.45) is 3.39. The van der Waals surface area contributed by atoms with Crippen LogP contribution in [0.15, 0.2) is 60.9 Å². The van der Waals surface area contributed by atoms with Gasteiger partial charge in [0.2, 0.25) is 0 Å². The first kappa shape index (κ1) is 29.5. The normalized spacial score (nSPS) is 9.68. The zero-order valence-electron chi connectivity index (χ0n) is 21.4. The Hall–Kier alpha value is -3.77. The third kappa shape index (κ3) is 7.60. The molecule has 2 aromatic carbocycles. The first-order valence-corrected chi connectivity index (χ1v) is 10.9. The third-order valence-corrected chi connectivity index (χ3v) is 5.08. The quantitative estimate of drug-likeness (QED) is 0.236. The molecule has 2 heterocycles. The van der Waals surface area contributed by atoms with Gasteiger partial charge < -0.3 is 38.4 Å². The Labute approximate surface area is 231 Å². The SMILES string of the molecule is COc1ccnc(-c2[c-]c(OC)c(OC)cc2)c1.COc1ccnc(-c2[c-]c(OC)c(OC)cc2)c1.[Pt+2]. The molecule has 0 unspecified atom stereocenters. The van der Waals surface area contributed by atoms with E-state index in [2.05, 4.69) is 22.1 Å². The summed E-state index contributed by atoms with van der Waals surface area (Å²) in [6.45, 7) is 0.